The molecule has 0 N–H and O–H groups in total. The Hall–Kier alpha value is -1.50. The maximum Gasteiger partial charge on any atom is 0.0819 e. The molecule has 0 amide bonds. The van der Waals surface area contributed by atoms with Crippen molar-refractivity contribution in [3.05, 3.63) is 54.3 Å². The molecule has 98 valence electrons. The predicted molar refractivity (Wildman–Crippen MR) is 79.3 cm³/mol. The first-order valence-corrected chi connectivity index (χ1v) is 6.71. The lowest BCUT2D eigenvalue weighted by Gasteiger charge is -2.10. The van der Waals surface area contributed by atoms with Crippen LogP contribution in [0.4, 0.5) is 0 Å². The summed E-state index contributed by atoms with van der Waals surface area (Å²) in [4.78, 5) is 0. The number of benzene rings is 1. The molecule has 0 aliphatic heterocycles. The molecule has 0 atom stereocenters. The summed E-state index contributed by atoms with van der Waals surface area (Å²) in [5.74, 6) is 0. The molecule has 1 rings (SSSR count). The summed E-state index contributed by atoms with van der Waals surface area (Å²) in [5.41, 5.74) is 3.71. The van der Waals surface area contributed by atoms with Gasteiger partial charge in [-0.1, -0.05) is 56.7 Å². The highest BCUT2D eigenvalue weighted by Gasteiger charge is 2.03. The molecule has 0 radical (unpaired) electrons. The minimum absolute atomic E-state index is 0.904. The van der Waals surface area contributed by atoms with Gasteiger partial charge < -0.3 is 4.74 Å². The third kappa shape index (κ3) is 5.22. The zero-order chi connectivity index (χ0) is 13.2. The van der Waals surface area contributed by atoms with Crippen LogP contribution in [0.1, 0.15) is 44.6 Å². The molecule has 0 unspecified atom stereocenters. The van der Waals surface area contributed by atoms with Gasteiger partial charge in [0, 0.05) is 0 Å². The number of hydrogen-bond donors (Lipinski definition) is 0. The van der Waals surface area contributed by atoms with Crippen molar-refractivity contribution >= 4 is 5.57 Å². The Morgan fingerprint density at radius 2 is 1.94 bits per heavy atom. The number of hydrogen-bond acceptors (Lipinski definition) is 1. The zero-order valence-electron chi connectivity index (χ0n) is 11.6. The van der Waals surface area contributed by atoms with E-state index in [0.29, 0.717) is 0 Å². The summed E-state index contributed by atoms with van der Waals surface area (Å²) in [6.07, 6.45) is 7.64. The Morgan fingerprint density at radius 3 is 2.56 bits per heavy atom. The summed E-state index contributed by atoms with van der Waals surface area (Å²) < 4.78 is 5.17. The molecule has 0 bridgehead atoms. The van der Waals surface area contributed by atoms with Crippen LogP contribution in [0.25, 0.3) is 5.57 Å². The van der Waals surface area contributed by atoms with Gasteiger partial charge in [-0.15, -0.1) is 0 Å². The van der Waals surface area contributed by atoms with E-state index in [1.807, 2.05) is 12.3 Å². The molecule has 0 heterocycles. The number of unbranched alkanes of at least 4 members (excludes halogenated alkanes) is 2. The average Bonchev–Trinajstić information content (AvgIpc) is 2.40. The molecule has 1 aromatic rings. The molecule has 0 spiro atoms. The fourth-order valence-corrected chi connectivity index (χ4v) is 2.01. The van der Waals surface area contributed by atoms with Gasteiger partial charge in [-0.05, 0) is 36.0 Å². The molecule has 1 nitrogen and oxygen atoms in total. The third-order valence-electron chi connectivity index (χ3n) is 3.01. The van der Waals surface area contributed by atoms with Gasteiger partial charge in [-0.3, -0.25) is 0 Å². The average molecular weight is 244 g/mol. The summed E-state index contributed by atoms with van der Waals surface area (Å²) in [6, 6.07) is 10.4. The normalized spacial score (nSPS) is 11.3. The SMILES string of the molecule is C=C(C/C(=C\OC)CCCCC)c1ccccc1. The standard InChI is InChI=1S/C17H24O/c1-4-5-7-10-16(14-18-3)13-15(2)17-11-8-6-9-12-17/h6,8-9,11-12,14H,2,4-5,7,10,13H2,1,3H3/b16-14-. The van der Waals surface area contributed by atoms with Crippen LogP contribution in [0, 0.1) is 0 Å². The van der Waals surface area contributed by atoms with Crippen molar-refractivity contribution in [2.75, 3.05) is 7.11 Å². The van der Waals surface area contributed by atoms with Gasteiger partial charge >= 0.3 is 0 Å². The van der Waals surface area contributed by atoms with Crippen molar-refractivity contribution in [3.8, 4) is 0 Å². The maximum atomic E-state index is 5.17. The second-order valence-electron chi connectivity index (χ2n) is 4.62. The Balaban J connectivity index is 2.56. The Labute approximate surface area is 111 Å². The van der Waals surface area contributed by atoms with E-state index in [4.69, 9.17) is 4.74 Å². The van der Waals surface area contributed by atoms with Gasteiger partial charge in [0.2, 0.25) is 0 Å². The van der Waals surface area contributed by atoms with Crippen molar-refractivity contribution < 1.29 is 4.74 Å². The molecule has 1 aromatic carbocycles. The topological polar surface area (TPSA) is 9.23 Å². The van der Waals surface area contributed by atoms with Crippen LogP contribution in [0.5, 0.6) is 0 Å². The molecule has 0 fully saturated rings. The van der Waals surface area contributed by atoms with Gasteiger partial charge in [0.1, 0.15) is 0 Å². The Kier molecular flexibility index (Phi) is 6.93. The van der Waals surface area contributed by atoms with Crippen molar-refractivity contribution in [2.24, 2.45) is 0 Å². The molecule has 0 aliphatic rings. The Morgan fingerprint density at radius 1 is 1.22 bits per heavy atom. The van der Waals surface area contributed by atoms with Crippen LogP contribution < -0.4 is 0 Å². The van der Waals surface area contributed by atoms with E-state index in [2.05, 4.69) is 37.8 Å². The monoisotopic (exact) mass is 244 g/mol. The maximum absolute atomic E-state index is 5.17. The molecule has 0 saturated carbocycles. The highest BCUT2D eigenvalue weighted by Crippen LogP contribution is 2.23. The summed E-state index contributed by atoms with van der Waals surface area (Å²) in [7, 11) is 1.71. The van der Waals surface area contributed by atoms with E-state index >= 15 is 0 Å². The second-order valence-corrected chi connectivity index (χ2v) is 4.62. The zero-order valence-corrected chi connectivity index (χ0v) is 11.6. The molecular formula is C17H24O. The molecule has 18 heavy (non-hydrogen) atoms. The minimum Gasteiger partial charge on any atom is -0.504 e. The van der Waals surface area contributed by atoms with Crippen LogP contribution in [-0.2, 0) is 4.74 Å². The number of methoxy groups -OCH3 is 1. The van der Waals surface area contributed by atoms with Crippen molar-refractivity contribution in [2.45, 2.75) is 39.0 Å². The lowest BCUT2D eigenvalue weighted by Crippen LogP contribution is -1.90. The smallest absolute Gasteiger partial charge is 0.0819 e. The van der Waals surface area contributed by atoms with Gasteiger partial charge in [0.15, 0.2) is 0 Å². The minimum atomic E-state index is 0.904. The molecular weight excluding hydrogens is 220 g/mol. The predicted octanol–water partition coefficient (Wildman–Crippen LogP) is 5.20. The fourth-order valence-electron chi connectivity index (χ4n) is 2.01. The van der Waals surface area contributed by atoms with Gasteiger partial charge in [0.05, 0.1) is 13.4 Å². The molecule has 1 heteroatoms. The van der Waals surface area contributed by atoms with Crippen LogP contribution >= 0.6 is 0 Å². The van der Waals surface area contributed by atoms with E-state index in [9.17, 15) is 0 Å². The van der Waals surface area contributed by atoms with Crippen molar-refractivity contribution in [1.29, 1.82) is 0 Å². The highest BCUT2D eigenvalue weighted by atomic mass is 16.5. The summed E-state index contributed by atoms with van der Waals surface area (Å²) in [5, 5.41) is 0. The first-order chi connectivity index (χ1) is 8.77. The largest absolute Gasteiger partial charge is 0.504 e. The van der Waals surface area contributed by atoms with Crippen LogP contribution in [-0.4, -0.2) is 7.11 Å². The van der Waals surface area contributed by atoms with E-state index in [-0.39, 0.29) is 0 Å². The van der Waals surface area contributed by atoms with Crippen molar-refractivity contribution in [1.82, 2.24) is 0 Å². The lowest BCUT2D eigenvalue weighted by atomic mass is 9.97. The molecule has 0 aliphatic carbocycles. The second kappa shape index (κ2) is 8.57. The first kappa shape index (κ1) is 14.6. The summed E-state index contributed by atoms with van der Waals surface area (Å²) >= 11 is 0. The van der Waals surface area contributed by atoms with Crippen LogP contribution in [0.15, 0.2) is 48.7 Å². The van der Waals surface area contributed by atoms with E-state index in [1.165, 1.54) is 30.4 Å². The van der Waals surface area contributed by atoms with Gasteiger partial charge in [-0.25, -0.2) is 0 Å². The lowest BCUT2D eigenvalue weighted by molar-refractivity contribution is 0.331. The third-order valence-corrected chi connectivity index (χ3v) is 3.01. The fraction of sp³-hybridized carbons (Fsp3) is 0.412. The van der Waals surface area contributed by atoms with Gasteiger partial charge in [0.25, 0.3) is 0 Å². The van der Waals surface area contributed by atoms with Crippen LogP contribution in [0.2, 0.25) is 0 Å². The first-order valence-electron chi connectivity index (χ1n) is 6.71. The number of allylic oxidation sites excluding steroid dienone is 2. The number of rotatable bonds is 8. The van der Waals surface area contributed by atoms with Gasteiger partial charge in [-0.2, -0.15) is 0 Å². The quantitative estimate of drug-likeness (QED) is 0.451. The van der Waals surface area contributed by atoms with Crippen molar-refractivity contribution in [3.63, 3.8) is 0 Å². The van der Waals surface area contributed by atoms with E-state index < -0.39 is 0 Å². The Bertz CT molecular complexity index is 376. The highest BCUT2D eigenvalue weighted by molar-refractivity contribution is 5.65. The summed E-state index contributed by atoms with van der Waals surface area (Å²) in [6.45, 7) is 6.40. The van der Waals surface area contributed by atoms with E-state index in [0.717, 1.165) is 18.4 Å². The van der Waals surface area contributed by atoms with E-state index in [1.54, 1.807) is 7.11 Å². The number of ether oxygens (including phenoxy) is 1. The molecule has 0 aromatic heterocycles. The van der Waals surface area contributed by atoms with Crippen LogP contribution in [0.3, 0.4) is 0 Å². The molecule has 0 saturated heterocycles.